The fraction of sp³-hybridized carbons (Fsp3) is 0.300. The number of carbonyl (C=O) groups excluding carboxylic acids is 1. The van der Waals surface area contributed by atoms with Gasteiger partial charge in [-0.1, -0.05) is 30.9 Å². The van der Waals surface area contributed by atoms with E-state index in [2.05, 4.69) is 11.9 Å². The summed E-state index contributed by atoms with van der Waals surface area (Å²) in [6.07, 6.45) is 2.73. The molecule has 0 spiro atoms. The first-order chi connectivity index (χ1) is 7.61. The van der Waals surface area contributed by atoms with E-state index >= 15 is 0 Å². The summed E-state index contributed by atoms with van der Waals surface area (Å²) in [7, 11) is 1.69. The van der Waals surface area contributed by atoms with E-state index in [1.54, 1.807) is 24.5 Å². The molecule has 1 aliphatic heterocycles. The highest BCUT2D eigenvalue weighted by Crippen LogP contribution is 2.31. The van der Waals surface area contributed by atoms with Crippen LogP contribution in [0.1, 0.15) is 17.6 Å². The largest absolute Gasteiger partial charge is 0.296 e. The zero-order chi connectivity index (χ0) is 11.7. The van der Waals surface area contributed by atoms with Crippen LogP contribution in [0.5, 0.6) is 0 Å². The van der Waals surface area contributed by atoms with Gasteiger partial charge in [0.1, 0.15) is 4.32 Å². The van der Waals surface area contributed by atoms with Crippen molar-refractivity contribution >= 4 is 51.6 Å². The maximum atomic E-state index is 11.7. The molecule has 0 N–H and O–H groups in total. The number of hydrogen-bond donors (Lipinski definition) is 0. The van der Waals surface area contributed by atoms with Crippen LogP contribution in [0.15, 0.2) is 10.3 Å². The fourth-order valence-corrected chi connectivity index (χ4v) is 3.10. The SMILES string of the molecule is CCc1nc(/C=C2\SC(=S)N(C)C2=O)cs1. The lowest BCUT2D eigenvalue weighted by Gasteiger charge is -2.03. The molecule has 0 aromatic carbocycles. The number of rotatable bonds is 2. The molecule has 0 saturated carbocycles. The number of likely N-dealkylation sites (N-methyl/N-ethyl adjacent to an activating group) is 1. The van der Waals surface area contributed by atoms with E-state index in [0.29, 0.717) is 9.23 Å². The molecule has 2 rings (SSSR count). The molecule has 0 radical (unpaired) electrons. The third-order valence-electron chi connectivity index (χ3n) is 2.14. The first-order valence-corrected chi connectivity index (χ1v) is 6.88. The highest BCUT2D eigenvalue weighted by Gasteiger charge is 2.28. The Balaban J connectivity index is 2.25. The van der Waals surface area contributed by atoms with E-state index in [1.165, 1.54) is 16.7 Å². The lowest BCUT2D eigenvalue weighted by molar-refractivity contribution is -0.121. The Bertz CT molecular complexity index is 478. The maximum Gasteiger partial charge on any atom is 0.265 e. The molecule has 16 heavy (non-hydrogen) atoms. The van der Waals surface area contributed by atoms with Gasteiger partial charge in [-0.25, -0.2) is 4.98 Å². The average Bonchev–Trinajstić information content (AvgIpc) is 2.81. The number of aryl methyl sites for hydroxylation is 1. The molecule has 1 amide bonds. The van der Waals surface area contributed by atoms with Gasteiger partial charge in [-0.05, 0) is 12.5 Å². The number of carbonyl (C=O) groups is 1. The zero-order valence-electron chi connectivity index (χ0n) is 8.89. The van der Waals surface area contributed by atoms with Crippen molar-refractivity contribution < 1.29 is 4.79 Å². The smallest absolute Gasteiger partial charge is 0.265 e. The minimum atomic E-state index is -0.0407. The minimum absolute atomic E-state index is 0.0407. The number of nitrogens with zero attached hydrogens (tertiary/aromatic N) is 2. The van der Waals surface area contributed by atoms with Gasteiger partial charge in [0.25, 0.3) is 5.91 Å². The third-order valence-corrected chi connectivity index (χ3v) is 4.63. The van der Waals surface area contributed by atoms with E-state index in [1.807, 2.05) is 5.38 Å². The van der Waals surface area contributed by atoms with Crippen LogP contribution in [0, 0.1) is 0 Å². The van der Waals surface area contributed by atoms with Gasteiger partial charge in [-0.2, -0.15) is 0 Å². The molecule has 1 saturated heterocycles. The van der Waals surface area contributed by atoms with Gasteiger partial charge in [0.15, 0.2) is 0 Å². The van der Waals surface area contributed by atoms with Crippen LogP contribution in [-0.4, -0.2) is 27.2 Å². The highest BCUT2D eigenvalue weighted by atomic mass is 32.2. The van der Waals surface area contributed by atoms with E-state index in [4.69, 9.17) is 12.2 Å². The molecule has 2 heterocycles. The topological polar surface area (TPSA) is 33.2 Å². The number of thioether (sulfide) groups is 1. The Hall–Kier alpha value is -0.720. The maximum absolute atomic E-state index is 11.7. The van der Waals surface area contributed by atoms with Gasteiger partial charge >= 0.3 is 0 Å². The summed E-state index contributed by atoms with van der Waals surface area (Å²) in [4.78, 5) is 18.3. The van der Waals surface area contributed by atoms with Crippen molar-refractivity contribution in [3.8, 4) is 0 Å². The van der Waals surface area contributed by atoms with Crippen LogP contribution in [0.3, 0.4) is 0 Å². The van der Waals surface area contributed by atoms with E-state index in [-0.39, 0.29) is 5.91 Å². The van der Waals surface area contributed by atoms with Crippen molar-refractivity contribution in [3.05, 3.63) is 21.0 Å². The van der Waals surface area contributed by atoms with Gasteiger partial charge in [0, 0.05) is 12.4 Å². The molecule has 0 bridgehead atoms. The van der Waals surface area contributed by atoms with Crippen molar-refractivity contribution in [2.24, 2.45) is 0 Å². The van der Waals surface area contributed by atoms with Crippen LogP contribution in [0.2, 0.25) is 0 Å². The molecular weight excluding hydrogens is 260 g/mol. The van der Waals surface area contributed by atoms with Crippen LogP contribution in [-0.2, 0) is 11.2 Å². The number of amides is 1. The summed E-state index contributed by atoms with van der Waals surface area (Å²) in [5.41, 5.74) is 0.843. The van der Waals surface area contributed by atoms with Gasteiger partial charge < -0.3 is 0 Å². The number of thiocarbonyl (C=S) groups is 1. The number of aromatic nitrogens is 1. The molecule has 84 valence electrons. The second kappa shape index (κ2) is 4.65. The second-order valence-electron chi connectivity index (χ2n) is 3.26. The molecule has 0 aliphatic carbocycles. The fourth-order valence-electron chi connectivity index (χ4n) is 1.23. The Morgan fingerprint density at radius 3 is 2.88 bits per heavy atom. The summed E-state index contributed by atoms with van der Waals surface area (Å²) in [6.45, 7) is 2.06. The molecule has 1 aromatic heterocycles. The van der Waals surface area contributed by atoms with Crippen molar-refractivity contribution in [3.63, 3.8) is 0 Å². The highest BCUT2D eigenvalue weighted by molar-refractivity contribution is 8.26. The number of hydrogen-bond acceptors (Lipinski definition) is 5. The van der Waals surface area contributed by atoms with Crippen LogP contribution >= 0.6 is 35.3 Å². The predicted molar refractivity (Wildman–Crippen MR) is 72.4 cm³/mol. The van der Waals surface area contributed by atoms with Crippen molar-refractivity contribution in [1.29, 1.82) is 0 Å². The predicted octanol–water partition coefficient (Wildman–Crippen LogP) is 2.54. The van der Waals surface area contributed by atoms with Gasteiger partial charge in [0.2, 0.25) is 0 Å². The van der Waals surface area contributed by atoms with Crippen molar-refractivity contribution in [2.75, 3.05) is 7.05 Å². The Labute approximate surface area is 108 Å². The monoisotopic (exact) mass is 270 g/mol. The summed E-state index contributed by atoms with van der Waals surface area (Å²) in [6, 6.07) is 0. The van der Waals surface area contributed by atoms with Crippen molar-refractivity contribution in [2.45, 2.75) is 13.3 Å². The van der Waals surface area contributed by atoms with Crippen molar-refractivity contribution in [1.82, 2.24) is 9.88 Å². The second-order valence-corrected chi connectivity index (χ2v) is 5.88. The lowest BCUT2D eigenvalue weighted by atomic mass is 10.4. The molecule has 1 aliphatic rings. The summed E-state index contributed by atoms with van der Waals surface area (Å²) in [5, 5.41) is 3.04. The van der Waals surface area contributed by atoms with Gasteiger partial charge in [-0.3, -0.25) is 9.69 Å². The van der Waals surface area contributed by atoms with Gasteiger partial charge in [-0.15, -0.1) is 11.3 Å². The quantitative estimate of drug-likeness (QED) is 0.611. The Morgan fingerprint density at radius 1 is 1.62 bits per heavy atom. The summed E-state index contributed by atoms with van der Waals surface area (Å²) in [5.74, 6) is -0.0407. The molecule has 1 aromatic rings. The molecule has 0 atom stereocenters. The summed E-state index contributed by atoms with van der Waals surface area (Å²) < 4.78 is 0.599. The standard InChI is InChI=1S/C10H10N2OS3/c1-3-8-11-6(5-15-8)4-7-9(13)12(2)10(14)16-7/h4-5H,3H2,1-2H3/b7-4-. The normalized spacial score (nSPS) is 18.9. The van der Waals surface area contributed by atoms with E-state index in [0.717, 1.165) is 17.1 Å². The zero-order valence-corrected chi connectivity index (χ0v) is 11.3. The first kappa shape index (κ1) is 11.8. The Morgan fingerprint density at radius 2 is 2.38 bits per heavy atom. The van der Waals surface area contributed by atoms with Gasteiger partial charge in [0.05, 0.1) is 15.6 Å². The minimum Gasteiger partial charge on any atom is -0.296 e. The molecule has 6 heteroatoms. The summed E-state index contributed by atoms with van der Waals surface area (Å²) >= 11 is 7.99. The van der Waals surface area contributed by atoms with Crippen LogP contribution < -0.4 is 0 Å². The Kier molecular flexibility index (Phi) is 3.41. The van der Waals surface area contributed by atoms with E-state index in [9.17, 15) is 4.79 Å². The van der Waals surface area contributed by atoms with E-state index < -0.39 is 0 Å². The molecule has 3 nitrogen and oxygen atoms in total. The lowest BCUT2D eigenvalue weighted by Crippen LogP contribution is -2.22. The third kappa shape index (κ3) is 2.18. The van der Waals surface area contributed by atoms with Crippen LogP contribution in [0.25, 0.3) is 6.08 Å². The number of thiazole rings is 1. The molecule has 1 fully saturated rings. The first-order valence-electron chi connectivity index (χ1n) is 4.77. The average molecular weight is 270 g/mol. The van der Waals surface area contributed by atoms with Crippen LogP contribution in [0.4, 0.5) is 0 Å². The molecular formula is C10H10N2OS3. The molecule has 0 unspecified atom stereocenters.